The monoisotopic (exact) mass is 401 g/mol. The van der Waals surface area contributed by atoms with Crippen molar-refractivity contribution in [2.75, 3.05) is 13.2 Å². The van der Waals surface area contributed by atoms with Crippen molar-refractivity contribution in [1.82, 2.24) is 10.9 Å². The first-order chi connectivity index (χ1) is 14.7. The summed E-state index contributed by atoms with van der Waals surface area (Å²) in [6.45, 7) is 0.562. The van der Waals surface area contributed by atoms with Crippen LogP contribution in [-0.2, 0) is 0 Å². The number of carbonyl (C=O) groups excluding carboxylic acids is 2. The van der Waals surface area contributed by atoms with Crippen LogP contribution in [0.5, 0.6) is 11.5 Å². The fourth-order valence-corrected chi connectivity index (χ4v) is 2.56. The number of rotatable bonds is 7. The Morgan fingerprint density at radius 2 is 1.40 bits per heavy atom. The zero-order valence-electron chi connectivity index (χ0n) is 16.0. The first-order valence-electron chi connectivity index (χ1n) is 9.18. The molecule has 3 aromatic carbocycles. The van der Waals surface area contributed by atoms with Crippen LogP contribution in [0, 0.1) is 11.3 Å². The van der Waals surface area contributed by atoms with Crippen LogP contribution >= 0.6 is 0 Å². The highest BCUT2D eigenvalue weighted by molar-refractivity contribution is 6.00. The van der Waals surface area contributed by atoms with E-state index in [0.29, 0.717) is 23.5 Å². The Bertz CT molecular complexity index is 1040. The molecule has 0 unspecified atom stereocenters. The van der Waals surface area contributed by atoms with Gasteiger partial charge in [0.15, 0.2) is 0 Å². The fourth-order valence-electron chi connectivity index (χ4n) is 2.56. The summed E-state index contributed by atoms with van der Waals surface area (Å²) in [4.78, 5) is 24.6. The van der Waals surface area contributed by atoms with Crippen molar-refractivity contribution in [2.45, 2.75) is 0 Å². The lowest BCUT2D eigenvalue weighted by Crippen LogP contribution is -2.41. The van der Waals surface area contributed by atoms with Gasteiger partial charge in [-0.25, -0.2) is 0 Å². The van der Waals surface area contributed by atoms with Gasteiger partial charge in [-0.1, -0.05) is 30.3 Å². The van der Waals surface area contributed by atoms with Gasteiger partial charge in [0.25, 0.3) is 11.8 Å². The number of nitriles is 1. The molecule has 0 aliphatic rings. The fraction of sp³-hybridized carbons (Fsp3) is 0.0870. The van der Waals surface area contributed by atoms with Crippen LogP contribution in [-0.4, -0.2) is 25.0 Å². The predicted octanol–water partition coefficient (Wildman–Crippen LogP) is 3.09. The van der Waals surface area contributed by atoms with Crippen molar-refractivity contribution in [3.8, 4) is 17.6 Å². The number of hydrogen-bond acceptors (Lipinski definition) is 5. The smallest absolute Gasteiger partial charge is 0.273 e. The summed E-state index contributed by atoms with van der Waals surface area (Å²) in [7, 11) is 0. The van der Waals surface area contributed by atoms with Gasteiger partial charge in [-0.15, -0.1) is 0 Å². The molecule has 0 fully saturated rings. The number of nitrogens with zero attached hydrogens (tertiary/aromatic N) is 1. The van der Waals surface area contributed by atoms with Gasteiger partial charge in [-0.2, -0.15) is 5.26 Å². The lowest BCUT2D eigenvalue weighted by Gasteiger charge is -2.13. The normalized spacial score (nSPS) is 9.83. The molecule has 7 nitrogen and oxygen atoms in total. The van der Waals surface area contributed by atoms with Crippen molar-refractivity contribution < 1.29 is 19.1 Å². The van der Waals surface area contributed by atoms with Crippen molar-refractivity contribution in [3.05, 3.63) is 95.6 Å². The molecule has 0 saturated carbocycles. The number of hydrogen-bond donors (Lipinski definition) is 2. The summed E-state index contributed by atoms with van der Waals surface area (Å²) < 4.78 is 11.2. The van der Waals surface area contributed by atoms with Crippen LogP contribution < -0.4 is 20.3 Å². The Morgan fingerprint density at radius 1 is 0.767 bits per heavy atom. The Balaban J connectivity index is 1.53. The van der Waals surface area contributed by atoms with Gasteiger partial charge >= 0.3 is 0 Å². The Kier molecular flexibility index (Phi) is 7.01. The summed E-state index contributed by atoms with van der Waals surface area (Å²) in [6.07, 6.45) is 0. The molecule has 3 aromatic rings. The van der Waals surface area contributed by atoms with E-state index < -0.39 is 11.8 Å². The molecule has 0 radical (unpaired) electrons. The molecule has 3 rings (SSSR count). The summed E-state index contributed by atoms with van der Waals surface area (Å²) in [5.41, 5.74) is 5.75. The van der Waals surface area contributed by atoms with E-state index in [9.17, 15) is 9.59 Å². The quantitative estimate of drug-likeness (QED) is 0.468. The van der Waals surface area contributed by atoms with E-state index in [1.54, 1.807) is 24.3 Å². The van der Waals surface area contributed by atoms with Crippen LogP contribution in [0.1, 0.15) is 26.3 Å². The zero-order valence-corrected chi connectivity index (χ0v) is 16.0. The molecule has 30 heavy (non-hydrogen) atoms. The molecule has 0 atom stereocenters. The highest BCUT2D eigenvalue weighted by atomic mass is 16.5. The number of carbonyl (C=O) groups is 2. The van der Waals surface area contributed by atoms with Gasteiger partial charge in [0.2, 0.25) is 0 Å². The minimum Gasteiger partial charge on any atom is -0.490 e. The highest BCUT2D eigenvalue weighted by Crippen LogP contribution is 2.18. The minimum atomic E-state index is -0.517. The summed E-state index contributed by atoms with van der Waals surface area (Å²) in [5, 5.41) is 8.80. The molecular weight excluding hydrogens is 382 g/mol. The van der Waals surface area contributed by atoms with Crippen molar-refractivity contribution in [1.29, 1.82) is 5.26 Å². The molecule has 0 aromatic heterocycles. The molecule has 0 saturated heterocycles. The number of amides is 2. The second-order valence-electron chi connectivity index (χ2n) is 6.10. The average Bonchev–Trinajstić information content (AvgIpc) is 2.81. The van der Waals surface area contributed by atoms with E-state index in [1.807, 2.05) is 36.4 Å². The lowest BCUT2D eigenvalue weighted by atomic mass is 10.1. The second-order valence-corrected chi connectivity index (χ2v) is 6.10. The molecule has 0 aliphatic carbocycles. The molecule has 2 amide bonds. The van der Waals surface area contributed by atoms with Gasteiger partial charge in [0.05, 0.1) is 17.2 Å². The molecule has 150 valence electrons. The number of ether oxygens (including phenoxy) is 2. The van der Waals surface area contributed by atoms with Gasteiger partial charge in [0.1, 0.15) is 24.7 Å². The van der Waals surface area contributed by atoms with Gasteiger partial charge in [0, 0.05) is 5.56 Å². The summed E-state index contributed by atoms with van der Waals surface area (Å²) in [6, 6.07) is 24.1. The van der Waals surface area contributed by atoms with Crippen LogP contribution in [0.25, 0.3) is 0 Å². The van der Waals surface area contributed by atoms with E-state index in [1.165, 1.54) is 24.3 Å². The molecule has 0 spiro atoms. The maximum absolute atomic E-state index is 12.5. The van der Waals surface area contributed by atoms with Crippen molar-refractivity contribution in [2.24, 2.45) is 0 Å². The van der Waals surface area contributed by atoms with E-state index >= 15 is 0 Å². The van der Waals surface area contributed by atoms with E-state index in [-0.39, 0.29) is 12.2 Å². The third-order valence-corrected chi connectivity index (χ3v) is 4.05. The number of benzene rings is 3. The molecule has 0 heterocycles. The number of nitrogens with one attached hydrogen (secondary N) is 2. The highest BCUT2D eigenvalue weighted by Gasteiger charge is 2.14. The predicted molar refractivity (Wildman–Crippen MR) is 110 cm³/mol. The third-order valence-electron chi connectivity index (χ3n) is 4.05. The molecular formula is C23H19N3O4. The van der Waals surface area contributed by atoms with Gasteiger partial charge in [-0.3, -0.25) is 20.4 Å². The average molecular weight is 401 g/mol. The topological polar surface area (TPSA) is 100 Å². The third kappa shape index (κ3) is 5.59. The SMILES string of the molecule is N#Cc1ccc(C(=O)NNC(=O)c2ccccc2OCCOc2ccccc2)cc1. The van der Waals surface area contributed by atoms with Crippen molar-refractivity contribution in [3.63, 3.8) is 0 Å². The van der Waals surface area contributed by atoms with E-state index in [2.05, 4.69) is 10.9 Å². The zero-order chi connectivity index (χ0) is 21.2. The van der Waals surface area contributed by atoms with E-state index in [0.717, 1.165) is 5.75 Å². The second kappa shape index (κ2) is 10.3. The summed E-state index contributed by atoms with van der Waals surface area (Å²) in [5.74, 6) is 0.0935. The van der Waals surface area contributed by atoms with Crippen molar-refractivity contribution >= 4 is 11.8 Å². The van der Waals surface area contributed by atoms with Crippen LogP contribution in [0.15, 0.2) is 78.9 Å². The number of hydrazine groups is 1. The molecule has 0 bridgehead atoms. The Morgan fingerprint density at radius 3 is 2.13 bits per heavy atom. The van der Waals surface area contributed by atoms with Crippen LogP contribution in [0.2, 0.25) is 0 Å². The maximum atomic E-state index is 12.5. The van der Waals surface area contributed by atoms with Gasteiger partial charge in [-0.05, 0) is 48.5 Å². The van der Waals surface area contributed by atoms with E-state index in [4.69, 9.17) is 14.7 Å². The maximum Gasteiger partial charge on any atom is 0.273 e. The first kappa shape index (κ1) is 20.4. The summed E-state index contributed by atoms with van der Waals surface area (Å²) >= 11 is 0. The standard InChI is InChI=1S/C23H19N3O4/c24-16-17-10-12-18(13-11-17)22(27)25-26-23(28)20-8-4-5-9-21(20)30-15-14-29-19-6-2-1-3-7-19/h1-13H,14-15H2,(H,25,27)(H,26,28). The molecule has 2 N–H and O–H groups in total. The lowest BCUT2D eigenvalue weighted by molar-refractivity contribution is 0.0844. The molecule has 0 aliphatic heterocycles. The van der Waals surface area contributed by atoms with Gasteiger partial charge < -0.3 is 9.47 Å². The molecule has 7 heteroatoms. The number of para-hydroxylation sites is 2. The Hall–Kier alpha value is -4.31. The van der Waals surface area contributed by atoms with Crippen LogP contribution in [0.4, 0.5) is 0 Å². The Labute approximate surface area is 173 Å². The first-order valence-corrected chi connectivity index (χ1v) is 9.18. The van der Waals surface area contributed by atoms with Crippen LogP contribution in [0.3, 0.4) is 0 Å². The largest absolute Gasteiger partial charge is 0.490 e. The minimum absolute atomic E-state index is 0.247.